The molecular formula is C15H17BrO3. The molecule has 3 rings (SSSR count). The highest BCUT2D eigenvalue weighted by molar-refractivity contribution is 9.10. The van der Waals surface area contributed by atoms with Gasteiger partial charge in [0.25, 0.3) is 0 Å². The smallest absolute Gasteiger partial charge is 0.312 e. The third-order valence-corrected chi connectivity index (χ3v) is 5.48. The maximum atomic E-state index is 12.3. The van der Waals surface area contributed by atoms with Crippen molar-refractivity contribution in [1.29, 1.82) is 0 Å². The lowest BCUT2D eigenvalue weighted by Crippen LogP contribution is -2.65. The topological polar surface area (TPSA) is 35.5 Å². The molecule has 2 aliphatic rings. The molecule has 0 spiro atoms. The molecule has 0 atom stereocenters. The fraction of sp³-hybridized carbons (Fsp3) is 0.533. The van der Waals surface area contributed by atoms with Crippen LogP contribution in [0.5, 0.6) is 0 Å². The molecule has 1 aliphatic heterocycles. The third-order valence-electron chi connectivity index (χ3n) is 4.79. The third kappa shape index (κ3) is 1.62. The summed E-state index contributed by atoms with van der Waals surface area (Å²) in [4.78, 5) is 12.3. The summed E-state index contributed by atoms with van der Waals surface area (Å²) in [5.41, 5.74) is 0.550. The van der Waals surface area contributed by atoms with Crippen molar-refractivity contribution in [2.45, 2.75) is 24.7 Å². The summed E-state index contributed by atoms with van der Waals surface area (Å²) in [5.74, 6) is -0.0854. The predicted molar refractivity (Wildman–Crippen MR) is 74.9 cm³/mol. The molecule has 102 valence electrons. The second-order valence-electron chi connectivity index (χ2n) is 5.48. The minimum Gasteiger partial charge on any atom is -0.469 e. The minimum atomic E-state index is -0.399. The van der Waals surface area contributed by atoms with Crippen LogP contribution in [0.2, 0.25) is 0 Å². The van der Waals surface area contributed by atoms with Gasteiger partial charge in [0.05, 0.1) is 31.2 Å². The van der Waals surface area contributed by atoms with Crippen molar-refractivity contribution < 1.29 is 14.3 Å². The highest BCUT2D eigenvalue weighted by atomic mass is 79.9. The molecule has 0 unspecified atom stereocenters. The van der Waals surface area contributed by atoms with Crippen molar-refractivity contribution in [3.63, 3.8) is 0 Å². The fourth-order valence-corrected chi connectivity index (χ4v) is 4.11. The van der Waals surface area contributed by atoms with Crippen LogP contribution in [-0.4, -0.2) is 26.3 Å². The zero-order valence-electron chi connectivity index (χ0n) is 10.9. The number of esters is 1. The van der Waals surface area contributed by atoms with Crippen LogP contribution in [0.4, 0.5) is 0 Å². The molecule has 0 amide bonds. The van der Waals surface area contributed by atoms with Crippen LogP contribution in [0.15, 0.2) is 28.7 Å². The van der Waals surface area contributed by atoms with Crippen LogP contribution in [0.3, 0.4) is 0 Å². The summed E-state index contributed by atoms with van der Waals surface area (Å²) >= 11 is 3.62. The van der Waals surface area contributed by atoms with E-state index in [2.05, 4.69) is 22.0 Å². The zero-order chi connectivity index (χ0) is 13.5. The molecule has 1 heterocycles. The lowest BCUT2D eigenvalue weighted by Gasteiger charge is -2.58. The number of rotatable bonds is 3. The standard InChI is InChI=1S/C15H17BrO3/c1-18-13(17)14(7-4-8-14)15(9-19-10-15)11-5-2-3-6-12(11)16/h2-3,5-6H,4,7-10H2,1H3. The first kappa shape index (κ1) is 13.1. The first-order valence-electron chi connectivity index (χ1n) is 6.57. The number of carbonyl (C=O) groups excluding carboxylic acids is 1. The monoisotopic (exact) mass is 324 g/mol. The number of methoxy groups -OCH3 is 1. The van der Waals surface area contributed by atoms with E-state index in [9.17, 15) is 4.79 Å². The van der Waals surface area contributed by atoms with E-state index >= 15 is 0 Å². The van der Waals surface area contributed by atoms with Gasteiger partial charge in [0.2, 0.25) is 0 Å². The van der Waals surface area contributed by atoms with Gasteiger partial charge in [0.15, 0.2) is 0 Å². The Hall–Kier alpha value is -0.870. The molecule has 1 aromatic rings. The fourth-order valence-electron chi connectivity index (χ4n) is 3.45. The van der Waals surface area contributed by atoms with E-state index in [1.165, 1.54) is 12.7 Å². The van der Waals surface area contributed by atoms with Crippen molar-refractivity contribution in [3.05, 3.63) is 34.3 Å². The Bertz CT molecular complexity index is 504. The van der Waals surface area contributed by atoms with Crippen LogP contribution in [0.25, 0.3) is 0 Å². The Morgan fingerprint density at radius 2 is 2.00 bits per heavy atom. The van der Waals surface area contributed by atoms with E-state index < -0.39 is 5.41 Å². The van der Waals surface area contributed by atoms with Gasteiger partial charge in [-0.3, -0.25) is 4.79 Å². The van der Waals surface area contributed by atoms with E-state index in [-0.39, 0.29) is 11.4 Å². The summed E-state index contributed by atoms with van der Waals surface area (Å²) in [6.45, 7) is 1.20. The molecule has 3 nitrogen and oxygen atoms in total. The second kappa shape index (κ2) is 4.60. The van der Waals surface area contributed by atoms with Gasteiger partial charge in [-0.15, -0.1) is 0 Å². The van der Waals surface area contributed by atoms with E-state index in [4.69, 9.17) is 9.47 Å². The highest BCUT2D eigenvalue weighted by Gasteiger charge is 2.65. The Morgan fingerprint density at radius 3 is 2.42 bits per heavy atom. The van der Waals surface area contributed by atoms with Gasteiger partial charge in [-0.1, -0.05) is 40.5 Å². The summed E-state index contributed by atoms with van der Waals surface area (Å²) in [6, 6.07) is 8.13. The van der Waals surface area contributed by atoms with Crippen molar-refractivity contribution in [1.82, 2.24) is 0 Å². The average molecular weight is 325 g/mol. The minimum absolute atomic E-state index is 0.0854. The molecule has 0 radical (unpaired) electrons. The van der Waals surface area contributed by atoms with Crippen LogP contribution in [0, 0.1) is 5.41 Å². The van der Waals surface area contributed by atoms with Gasteiger partial charge < -0.3 is 9.47 Å². The molecule has 1 aromatic carbocycles. The normalized spacial score (nSPS) is 23.1. The quantitative estimate of drug-likeness (QED) is 0.801. The Labute approximate surface area is 121 Å². The maximum Gasteiger partial charge on any atom is 0.312 e. The Morgan fingerprint density at radius 1 is 1.32 bits per heavy atom. The molecular weight excluding hydrogens is 308 g/mol. The van der Waals surface area contributed by atoms with Crippen molar-refractivity contribution in [2.75, 3.05) is 20.3 Å². The number of ether oxygens (including phenoxy) is 2. The second-order valence-corrected chi connectivity index (χ2v) is 6.34. The van der Waals surface area contributed by atoms with E-state index in [0.717, 1.165) is 23.7 Å². The summed E-state index contributed by atoms with van der Waals surface area (Å²) in [7, 11) is 1.48. The van der Waals surface area contributed by atoms with Crippen molar-refractivity contribution in [3.8, 4) is 0 Å². The van der Waals surface area contributed by atoms with Gasteiger partial charge in [-0.05, 0) is 24.5 Å². The Kier molecular flexibility index (Phi) is 3.18. The first-order chi connectivity index (χ1) is 9.16. The number of hydrogen-bond donors (Lipinski definition) is 0. The van der Waals surface area contributed by atoms with E-state index in [1.807, 2.05) is 18.2 Å². The molecule has 0 aromatic heterocycles. The van der Waals surface area contributed by atoms with Gasteiger partial charge in [0, 0.05) is 4.47 Å². The molecule has 0 N–H and O–H groups in total. The Balaban J connectivity index is 2.09. The summed E-state index contributed by atoms with van der Waals surface area (Å²) < 4.78 is 11.6. The molecule has 0 bridgehead atoms. The molecule has 4 heteroatoms. The zero-order valence-corrected chi connectivity index (χ0v) is 12.5. The van der Waals surface area contributed by atoms with Crippen LogP contribution in [-0.2, 0) is 19.7 Å². The summed E-state index contributed by atoms with van der Waals surface area (Å²) in [6.07, 6.45) is 2.87. The molecule has 2 fully saturated rings. The van der Waals surface area contributed by atoms with Crippen molar-refractivity contribution >= 4 is 21.9 Å². The molecule has 1 aliphatic carbocycles. The predicted octanol–water partition coefficient (Wildman–Crippen LogP) is 3.06. The first-order valence-corrected chi connectivity index (χ1v) is 7.37. The van der Waals surface area contributed by atoms with Crippen LogP contribution in [0.1, 0.15) is 24.8 Å². The van der Waals surface area contributed by atoms with E-state index in [1.54, 1.807) is 0 Å². The largest absolute Gasteiger partial charge is 0.469 e. The average Bonchev–Trinajstić information content (AvgIpc) is 2.32. The van der Waals surface area contributed by atoms with Crippen LogP contribution < -0.4 is 0 Å². The lowest BCUT2D eigenvalue weighted by atomic mass is 9.49. The summed E-state index contributed by atoms with van der Waals surface area (Å²) in [5, 5.41) is 0. The molecule has 1 saturated carbocycles. The highest BCUT2D eigenvalue weighted by Crippen LogP contribution is 2.59. The molecule has 1 saturated heterocycles. The van der Waals surface area contributed by atoms with E-state index in [0.29, 0.717) is 13.2 Å². The van der Waals surface area contributed by atoms with Gasteiger partial charge in [-0.2, -0.15) is 0 Å². The van der Waals surface area contributed by atoms with Gasteiger partial charge in [0.1, 0.15) is 0 Å². The van der Waals surface area contributed by atoms with Crippen LogP contribution >= 0.6 is 15.9 Å². The van der Waals surface area contributed by atoms with Gasteiger partial charge in [-0.25, -0.2) is 0 Å². The molecule has 19 heavy (non-hydrogen) atoms. The number of halogens is 1. The SMILES string of the molecule is COC(=O)C1(C2(c3ccccc3Br)COC2)CCC1. The number of hydrogen-bond acceptors (Lipinski definition) is 3. The lowest BCUT2D eigenvalue weighted by molar-refractivity contribution is -0.195. The maximum absolute atomic E-state index is 12.3. The van der Waals surface area contributed by atoms with Gasteiger partial charge >= 0.3 is 5.97 Å². The number of carbonyl (C=O) groups is 1. The number of benzene rings is 1. The van der Waals surface area contributed by atoms with Crippen molar-refractivity contribution in [2.24, 2.45) is 5.41 Å².